The average Bonchev–Trinajstić information content (AvgIpc) is 2.63. The summed E-state index contributed by atoms with van der Waals surface area (Å²) >= 11 is 5.87. The van der Waals surface area contributed by atoms with E-state index in [0.717, 1.165) is 11.1 Å². The SMILES string of the molecule is COc1ccc(C)cc1NC(=O)c1cnc(-c2ccc(Cl)cc2)nc1. The third-order valence-electron chi connectivity index (χ3n) is 3.62. The maximum atomic E-state index is 12.4. The van der Waals surface area contributed by atoms with Gasteiger partial charge in [0.2, 0.25) is 0 Å². The molecule has 0 radical (unpaired) electrons. The molecule has 126 valence electrons. The molecule has 6 heteroatoms. The Morgan fingerprint density at radius 1 is 1.08 bits per heavy atom. The molecule has 5 nitrogen and oxygen atoms in total. The molecule has 0 aliphatic rings. The first-order valence-electron chi connectivity index (χ1n) is 7.61. The molecule has 0 aliphatic carbocycles. The number of carbonyl (C=O) groups excluding carboxylic acids is 1. The Morgan fingerprint density at radius 2 is 1.76 bits per heavy atom. The van der Waals surface area contributed by atoms with Gasteiger partial charge in [-0.05, 0) is 48.9 Å². The van der Waals surface area contributed by atoms with E-state index >= 15 is 0 Å². The fraction of sp³-hybridized carbons (Fsp3) is 0.105. The Labute approximate surface area is 150 Å². The molecular formula is C19H16ClN3O2. The predicted molar refractivity (Wildman–Crippen MR) is 98.2 cm³/mol. The summed E-state index contributed by atoms with van der Waals surface area (Å²) in [6.07, 6.45) is 2.99. The van der Waals surface area contributed by atoms with E-state index in [-0.39, 0.29) is 5.91 Å². The van der Waals surface area contributed by atoms with Crippen LogP contribution >= 0.6 is 11.6 Å². The smallest absolute Gasteiger partial charge is 0.258 e. The number of nitrogens with one attached hydrogen (secondary N) is 1. The van der Waals surface area contributed by atoms with Gasteiger partial charge in [0.05, 0.1) is 18.4 Å². The summed E-state index contributed by atoms with van der Waals surface area (Å²) in [4.78, 5) is 20.9. The number of carbonyl (C=O) groups is 1. The summed E-state index contributed by atoms with van der Waals surface area (Å²) in [5.74, 6) is 0.825. The highest BCUT2D eigenvalue weighted by Crippen LogP contribution is 2.25. The summed E-state index contributed by atoms with van der Waals surface area (Å²) in [6, 6.07) is 12.8. The minimum absolute atomic E-state index is 0.299. The number of benzene rings is 2. The van der Waals surface area contributed by atoms with Gasteiger partial charge in [0.15, 0.2) is 5.82 Å². The van der Waals surface area contributed by atoms with Crippen molar-refractivity contribution in [3.8, 4) is 17.1 Å². The highest BCUT2D eigenvalue weighted by atomic mass is 35.5. The number of ether oxygens (including phenoxy) is 1. The van der Waals surface area contributed by atoms with Gasteiger partial charge in [0, 0.05) is 23.0 Å². The number of halogens is 1. The standard InChI is InChI=1S/C19H16ClN3O2/c1-12-3-8-17(25-2)16(9-12)23-19(24)14-10-21-18(22-11-14)13-4-6-15(20)7-5-13/h3-11H,1-2H3,(H,23,24). The van der Waals surface area contributed by atoms with Crippen molar-refractivity contribution < 1.29 is 9.53 Å². The third kappa shape index (κ3) is 3.95. The molecule has 25 heavy (non-hydrogen) atoms. The molecule has 0 saturated heterocycles. The minimum Gasteiger partial charge on any atom is -0.495 e. The van der Waals surface area contributed by atoms with E-state index in [9.17, 15) is 4.79 Å². The van der Waals surface area contributed by atoms with Crippen LogP contribution in [0.5, 0.6) is 5.75 Å². The van der Waals surface area contributed by atoms with Gasteiger partial charge in [0.1, 0.15) is 5.75 Å². The number of rotatable bonds is 4. The first kappa shape index (κ1) is 16.9. The fourth-order valence-electron chi connectivity index (χ4n) is 2.31. The summed E-state index contributed by atoms with van der Waals surface area (Å²) in [5.41, 5.74) is 2.82. The number of aromatic nitrogens is 2. The molecule has 1 heterocycles. The number of nitrogens with zero attached hydrogens (tertiary/aromatic N) is 2. The van der Waals surface area contributed by atoms with E-state index in [1.807, 2.05) is 37.3 Å². The van der Waals surface area contributed by atoms with Gasteiger partial charge in [-0.2, -0.15) is 0 Å². The van der Waals surface area contributed by atoms with Crippen molar-refractivity contribution in [1.29, 1.82) is 0 Å². The van der Waals surface area contributed by atoms with Gasteiger partial charge < -0.3 is 10.1 Å². The normalized spacial score (nSPS) is 10.4. The van der Waals surface area contributed by atoms with Crippen molar-refractivity contribution in [2.24, 2.45) is 0 Å². The fourth-order valence-corrected chi connectivity index (χ4v) is 2.43. The molecule has 0 saturated carbocycles. The number of amides is 1. The first-order chi connectivity index (χ1) is 12.1. The van der Waals surface area contributed by atoms with Gasteiger partial charge in [-0.1, -0.05) is 17.7 Å². The monoisotopic (exact) mass is 353 g/mol. The summed E-state index contributed by atoms with van der Waals surface area (Å²) in [5, 5.41) is 3.47. The number of hydrogen-bond acceptors (Lipinski definition) is 4. The van der Waals surface area contributed by atoms with Crippen LogP contribution in [-0.2, 0) is 0 Å². The Morgan fingerprint density at radius 3 is 2.40 bits per heavy atom. The summed E-state index contributed by atoms with van der Waals surface area (Å²) < 4.78 is 5.27. The second kappa shape index (κ2) is 7.32. The first-order valence-corrected chi connectivity index (χ1v) is 7.98. The Bertz CT molecular complexity index is 894. The molecule has 0 unspecified atom stereocenters. The molecule has 0 aliphatic heterocycles. The van der Waals surface area contributed by atoms with Gasteiger partial charge in [0.25, 0.3) is 5.91 Å². The number of hydrogen-bond donors (Lipinski definition) is 1. The molecule has 1 aromatic heterocycles. The lowest BCUT2D eigenvalue weighted by atomic mass is 10.2. The van der Waals surface area contributed by atoms with E-state index in [4.69, 9.17) is 16.3 Å². The molecule has 0 spiro atoms. The summed E-state index contributed by atoms with van der Waals surface area (Å²) in [6.45, 7) is 1.94. The zero-order chi connectivity index (χ0) is 17.8. The quantitative estimate of drug-likeness (QED) is 0.756. The highest BCUT2D eigenvalue weighted by Gasteiger charge is 2.11. The van der Waals surface area contributed by atoms with Crippen LogP contribution in [0.2, 0.25) is 5.02 Å². The number of aryl methyl sites for hydroxylation is 1. The maximum absolute atomic E-state index is 12.4. The zero-order valence-corrected chi connectivity index (χ0v) is 14.5. The lowest BCUT2D eigenvalue weighted by molar-refractivity contribution is 0.102. The molecule has 0 atom stereocenters. The Kier molecular flexibility index (Phi) is 4.95. The molecule has 1 N–H and O–H groups in total. The van der Waals surface area contributed by atoms with Crippen molar-refractivity contribution in [3.05, 3.63) is 71.0 Å². The highest BCUT2D eigenvalue weighted by molar-refractivity contribution is 6.30. The van der Waals surface area contributed by atoms with Crippen LogP contribution in [0.4, 0.5) is 5.69 Å². The maximum Gasteiger partial charge on any atom is 0.258 e. The second-order valence-electron chi connectivity index (χ2n) is 5.46. The molecule has 0 bridgehead atoms. The number of anilines is 1. The zero-order valence-electron chi connectivity index (χ0n) is 13.8. The topological polar surface area (TPSA) is 64.1 Å². The molecule has 3 rings (SSSR count). The van der Waals surface area contributed by atoms with Gasteiger partial charge in [-0.25, -0.2) is 9.97 Å². The van der Waals surface area contributed by atoms with Crippen molar-refractivity contribution in [2.75, 3.05) is 12.4 Å². The van der Waals surface area contributed by atoms with E-state index in [0.29, 0.717) is 27.8 Å². The van der Waals surface area contributed by atoms with Crippen LogP contribution < -0.4 is 10.1 Å². The van der Waals surface area contributed by atoms with Crippen molar-refractivity contribution in [2.45, 2.75) is 6.92 Å². The second-order valence-corrected chi connectivity index (χ2v) is 5.90. The third-order valence-corrected chi connectivity index (χ3v) is 3.87. The van der Waals surface area contributed by atoms with Crippen LogP contribution in [0.25, 0.3) is 11.4 Å². The van der Waals surface area contributed by atoms with Gasteiger partial charge >= 0.3 is 0 Å². The van der Waals surface area contributed by atoms with Gasteiger partial charge in [-0.3, -0.25) is 4.79 Å². The predicted octanol–water partition coefficient (Wildman–Crippen LogP) is 4.37. The lowest BCUT2D eigenvalue weighted by Gasteiger charge is -2.11. The van der Waals surface area contributed by atoms with Crippen LogP contribution in [0.1, 0.15) is 15.9 Å². The molecule has 1 amide bonds. The molecule has 2 aromatic carbocycles. The summed E-state index contributed by atoms with van der Waals surface area (Å²) in [7, 11) is 1.56. The Balaban J connectivity index is 1.79. The lowest BCUT2D eigenvalue weighted by Crippen LogP contribution is -2.13. The van der Waals surface area contributed by atoms with Crippen LogP contribution in [-0.4, -0.2) is 23.0 Å². The number of methoxy groups -OCH3 is 1. The largest absolute Gasteiger partial charge is 0.495 e. The van der Waals surface area contributed by atoms with Gasteiger partial charge in [-0.15, -0.1) is 0 Å². The van der Waals surface area contributed by atoms with Crippen LogP contribution in [0.15, 0.2) is 54.9 Å². The van der Waals surface area contributed by atoms with E-state index in [1.54, 1.807) is 19.2 Å². The van der Waals surface area contributed by atoms with E-state index in [1.165, 1.54) is 12.4 Å². The van der Waals surface area contributed by atoms with Crippen LogP contribution in [0, 0.1) is 6.92 Å². The van der Waals surface area contributed by atoms with Crippen molar-refractivity contribution >= 4 is 23.2 Å². The molecular weight excluding hydrogens is 338 g/mol. The minimum atomic E-state index is -0.299. The van der Waals surface area contributed by atoms with Crippen LogP contribution in [0.3, 0.4) is 0 Å². The van der Waals surface area contributed by atoms with E-state index < -0.39 is 0 Å². The Hall–Kier alpha value is -2.92. The van der Waals surface area contributed by atoms with Crippen molar-refractivity contribution in [1.82, 2.24) is 9.97 Å². The molecule has 0 fully saturated rings. The van der Waals surface area contributed by atoms with Crippen molar-refractivity contribution in [3.63, 3.8) is 0 Å². The van der Waals surface area contributed by atoms with E-state index in [2.05, 4.69) is 15.3 Å². The average molecular weight is 354 g/mol. The molecule has 3 aromatic rings.